The van der Waals surface area contributed by atoms with Crippen LogP contribution in [-0.2, 0) is 11.2 Å². The molecule has 2 rings (SSSR count). The van der Waals surface area contributed by atoms with Gasteiger partial charge in [-0.3, -0.25) is 4.79 Å². The normalized spacial score (nSPS) is 16.9. The Bertz CT molecular complexity index is 537. The Kier molecular flexibility index (Phi) is 5.76. The highest BCUT2D eigenvalue weighted by Crippen LogP contribution is 2.25. The van der Waals surface area contributed by atoms with Crippen molar-refractivity contribution in [2.75, 3.05) is 13.1 Å². The van der Waals surface area contributed by atoms with E-state index >= 15 is 0 Å². The number of rotatable bonds is 4. The van der Waals surface area contributed by atoms with Gasteiger partial charge in [0.1, 0.15) is 0 Å². The summed E-state index contributed by atoms with van der Waals surface area (Å²) in [4.78, 5) is 13.3. The van der Waals surface area contributed by atoms with Gasteiger partial charge in [0, 0.05) is 41.6 Å². The molecule has 1 amide bonds. The van der Waals surface area contributed by atoms with Crippen molar-refractivity contribution in [2.45, 2.75) is 51.6 Å². The lowest BCUT2D eigenvalue weighted by atomic mass is 9.92. The number of piperidine rings is 1. The number of nitrogens with zero attached hydrogens (tertiary/aromatic N) is 1. The van der Waals surface area contributed by atoms with Crippen LogP contribution in [0, 0.1) is 0 Å². The van der Waals surface area contributed by atoms with Gasteiger partial charge in [-0.2, -0.15) is 0 Å². The second-order valence-electron chi connectivity index (χ2n) is 6.72. The highest BCUT2D eigenvalue weighted by Gasteiger charge is 2.27. The van der Waals surface area contributed by atoms with Crippen molar-refractivity contribution in [3.05, 3.63) is 33.8 Å². The second kappa shape index (κ2) is 7.20. The molecule has 122 valence electrons. The first kappa shape index (κ1) is 17.6. The van der Waals surface area contributed by atoms with Crippen molar-refractivity contribution in [3.8, 4) is 0 Å². The fraction of sp³-hybridized carbons (Fsp3) is 0.588. The summed E-state index contributed by atoms with van der Waals surface area (Å²) in [7, 11) is 0. The van der Waals surface area contributed by atoms with Crippen molar-refractivity contribution in [1.82, 2.24) is 10.2 Å². The third-order valence-electron chi connectivity index (χ3n) is 4.18. The van der Waals surface area contributed by atoms with Crippen LogP contribution in [-0.4, -0.2) is 35.5 Å². The van der Waals surface area contributed by atoms with Crippen LogP contribution in [0.1, 0.15) is 39.2 Å². The van der Waals surface area contributed by atoms with Crippen molar-refractivity contribution in [1.29, 1.82) is 0 Å². The van der Waals surface area contributed by atoms with Crippen LogP contribution in [0.5, 0.6) is 0 Å². The fourth-order valence-corrected chi connectivity index (χ4v) is 3.56. The zero-order valence-electron chi connectivity index (χ0n) is 13.5. The third kappa shape index (κ3) is 4.87. The predicted octanol–water partition coefficient (Wildman–Crippen LogP) is 3.92. The number of halogens is 2. The van der Waals surface area contributed by atoms with E-state index in [4.69, 9.17) is 23.2 Å². The van der Waals surface area contributed by atoms with Crippen LogP contribution in [0.2, 0.25) is 10.0 Å². The SMILES string of the molecule is CC(=O)N1CCC(NC(C)(C)Cc2ccc(Cl)cc2Cl)CC1. The molecule has 3 nitrogen and oxygen atoms in total. The molecule has 1 aliphatic heterocycles. The van der Waals surface area contributed by atoms with Crippen molar-refractivity contribution >= 4 is 29.1 Å². The molecular weight excluding hydrogens is 319 g/mol. The highest BCUT2D eigenvalue weighted by molar-refractivity contribution is 6.35. The van der Waals surface area contributed by atoms with E-state index in [9.17, 15) is 4.79 Å². The largest absolute Gasteiger partial charge is 0.343 e. The number of hydrogen-bond donors (Lipinski definition) is 1. The maximum Gasteiger partial charge on any atom is 0.219 e. The molecule has 0 unspecified atom stereocenters. The molecule has 0 aliphatic carbocycles. The number of hydrogen-bond acceptors (Lipinski definition) is 2. The quantitative estimate of drug-likeness (QED) is 0.899. The zero-order chi connectivity index (χ0) is 16.3. The molecule has 0 aromatic heterocycles. The van der Waals surface area contributed by atoms with Crippen LogP contribution in [0.25, 0.3) is 0 Å². The Balaban J connectivity index is 1.92. The Labute approximate surface area is 143 Å². The minimum Gasteiger partial charge on any atom is -0.343 e. The molecule has 5 heteroatoms. The molecule has 22 heavy (non-hydrogen) atoms. The van der Waals surface area contributed by atoms with Gasteiger partial charge in [0.15, 0.2) is 0 Å². The smallest absolute Gasteiger partial charge is 0.219 e. The first-order chi connectivity index (χ1) is 10.3. The molecule has 0 saturated carbocycles. The van der Waals surface area contributed by atoms with E-state index in [2.05, 4.69) is 19.2 Å². The topological polar surface area (TPSA) is 32.3 Å². The van der Waals surface area contributed by atoms with Gasteiger partial charge in [0.05, 0.1) is 0 Å². The Hall–Kier alpha value is -0.770. The monoisotopic (exact) mass is 342 g/mol. The maximum atomic E-state index is 11.4. The minimum atomic E-state index is -0.0550. The third-order valence-corrected chi connectivity index (χ3v) is 4.77. The molecule has 0 atom stereocenters. The Morgan fingerprint density at radius 3 is 2.50 bits per heavy atom. The fourth-order valence-electron chi connectivity index (χ4n) is 3.08. The highest BCUT2D eigenvalue weighted by atomic mass is 35.5. The van der Waals surface area contributed by atoms with Crippen LogP contribution < -0.4 is 5.32 Å². The van der Waals surface area contributed by atoms with Crippen LogP contribution >= 0.6 is 23.2 Å². The lowest BCUT2D eigenvalue weighted by Crippen LogP contribution is -2.52. The molecule has 0 radical (unpaired) electrons. The minimum absolute atomic E-state index is 0.0550. The number of amides is 1. The zero-order valence-corrected chi connectivity index (χ0v) is 15.0. The molecule has 1 saturated heterocycles. The van der Waals surface area contributed by atoms with Gasteiger partial charge in [-0.05, 0) is 50.8 Å². The van der Waals surface area contributed by atoms with Gasteiger partial charge in [-0.1, -0.05) is 29.3 Å². The standard InChI is InChI=1S/C17H24Cl2N2O/c1-12(22)21-8-6-15(7-9-21)20-17(2,3)11-13-4-5-14(18)10-16(13)19/h4-5,10,15,20H,6-9,11H2,1-3H3. The summed E-state index contributed by atoms with van der Waals surface area (Å²) in [6, 6.07) is 6.10. The summed E-state index contributed by atoms with van der Waals surface area (Å²) in [5, 5.41) is 5.09. The van der Waals surface area contributed by atoms with E-state index < -0.39 is 0 Å². The van der Waals surface area contributed by atoms with Crippen molar-refractivity contribution < 1.29 is 4.79 Å². The average Bonchev–Trinajstić information content (AvgIpc) is 2.42. The van der Waals surface area contributed by atoms with Crippen molar-refractivity contribution in [3.63, 3.8) is 0 Å². The number of nitrogens with one attached hydrogen (secondary N) is 1. The van der Waals surface area contributed by atoms with Crippen LogP contribution in [0.3, 0.4) is 0 Å². The van der Waals surface area contributed by atoms with Crippen molar-refractivity contribution in [2.24, 2.45) is 0 Å². The second-order valence-corrected chi connectivity index (χ2v) is 7.56. The first-order valence-corrected chi connectivity index (χ1v) is 8.49. The molecular formula is C17H24Cl2N2O. The molecule has 1 aromatic rings. The molecule has 0 bridgehead atoms. The van der Waals surface area contributed by atoms with E-state index in [1.165, 1.54) is 0 Å². The molecule has 1 heterocycles. The summed E-state index contributed by atoms with van der Waals surface area (Å²) < 4.78 is 0. The van der Waals surface area contributed by atoms with E-state index in [0.29, 0.717) is 16.1 Å². The number of carbonyl (C=O) groups excluding carboxylic acids is 1. The van der Waals surface area contributed by atoms with Gasteiger partial charge >= 0.3 is 0 Å². The molecule has 1 aromatic carbocycles. The van der Waals surface area contributed by atoms with Gasteiger partial charge < -0.3 is 10.2 Å². The molecule has 1 N–H and O–H groups in total. The summed E-state index contributed by atoms with van der Waals surface area (Å²) >= 11 is 12.2. The van der Waals surface area contributed by atoms with Gasteiger partial charge in [-0.15, -0.1) is 0 Å². The van der Waals surface area contributed by atoms with E-state index in [1.807, 2.05) is 17.0 Å². The Morgan fingerprint density at radius 2 is 1.95 bits per heavy atom. The average molecular weight is 343 g/mol. The first-order valence-electron chi connectivity index (χ1n) is 7.74. The van der Waals surface area contributed by atoms with Crippen LogP contribution in [0.4, 0.5) is 0 Å². The Morgan fingerprint density at radius 1 is 1.32 bits per heavy atom. The number of carbonyl (C=O) groups is 1. The van der Waals surface area contributed by atoms with Gasteiger partial charge in [-0.25, -0.2) is 0 Å². The van der Waals surface area contributed by atoms with E-state index in [-0.39, 0.29) is 11.4 Å². The van der Waals surface area contributed by atoms with E-state index in [1.54, 1.807) is 13.0 Å². The number of likely N-dealkylation sites (tertiary alicyclic amines) is 1. The van der Waals surface area contributed by atoms with E-state index in [0.717, 1.165) is 37.9 Å². The van der Waals surface area contributed by atoms with Crippen LogP contribution in [0.15, 0.2) is 18.2 Å². The lowest BCUT2D eigenvalue weighted by molar-refractivity contribution is -0.129. The molecule has 1 aliphatic rings. The number of benzene rings is 1. The summed E-state index contributed by atoms with van der Waals surface area (Å²) in [6.45, 7) is 7.69. The van der Waals surface area contributed by atoms with Gasteiger partial charge in [0.2, 0.25) is 5.91 Å². The summed E-state index contributed by atoms with van der Waals surface area (Å²) in [6.07, 6.45) is 2.84. The maximum absolute atomic E-state index is 11.4. The molecule has 0 spiro atoms. The summed E-state index contributed by atoms with van der Waals surface area (Å²) in [5.74, 6) is 0.172. The lowest BCUT2D eigenvalue weighted by Gasteiger charge is -2.37. The summed E-state index contributed by atoms with van der Waals surface area (Å²) in [5.41, 5.74) is 1.05. The molecule has 1 fully saturated rings. The van der Waals surface area contributed by atoms with Gasteiger partial charge in [0.25, 0.3) is 0 Å². The predicted molar refractivity (Wildman–Crippen MR) is 92.7 cm³/mol.